The van der Waals surface area contributed by atoms with E-state index in [0.29, 0.717) is 5.82 Å². The number of carboxylic acid groups (broad SMARTS) is 1. The van der Waals surface area contributed by atoms with Crippen molar-refractivity contribution in [3.8, 4) is 0 Å². The zero-order chi connectivity index (χ0) is 21.6. The molecule has 0 bridgehead atoms. The number of alkyl halides is 2. The van der Waals surface area contributed by atoms with Crippen molar-refractivity contribution in [2.24, 2.45) is 0 Å². The lowest BCUT2D eigenvalue weighted by Crippen LogP contribution is -2.16. The smallest absolute Gasteiger partial charge is 0.341 e. The molecule has 1 aromatic carbocycles. The Bertz CT molecular complexity index is 1290. The summed E-state index contributed by atoms with van der Waals surface area (Å²) >= 11 is 0. The number of anilines is 1. The zero-order valence-electron chi connectivity index (χ0n) is 15.6. The van der Waals surface area contributed by atoms with Gasteiger partial charge >= 0.3 is 5.97 Å². The Morgan fingerprint density at radius 3 is 2.67 bits per heavy atom. The van der Waals surface area contributed by atoms with Crippen molar-refractivity contribution in [2.45, 2.75) is 26.3 Å². The van der Waals surface area contributed by atoms with Gasteiger partial charge in [-0.05, 0) is 24.3 Å². The predicted molar refractivity (Wildman–Crippen MR) is 99.0 cm³/mol. The summed E-state index contributed by atoms with van der Waals surface area (Å²) < 4.78 is 41.9. The lowest BCUT2D eigenvalue weighted by molar-refractivity contribution is 0.0699. The Balaban J connectivity index is 1.93. The van der Waals surface area contributed by atoms with E-state index >= 15 is 0 Å². The summed E-state index contributed by atoms with van der Waals surface area (Å²) in [6, 6.07) is 2.79. The van der Waals surface area contributed by atoms with Gasteiger partial charge in [-0.3, -0.25) is 0 Å². The number of tetrazole rings is 1. The maximum Gasteiger partial charge on any atom is 0.341 e. The van der Waals surface area contributed by atoms with Gasteiger partial charge in [-0.15, -0.1) is 5.10 Å². The van der Waals surface area contributed by atoms with E-state index in [1.165, 1.54) is 29.8 Å². The van der Waals surface area contributed by atoms with Gasteiger partial charge in [0.25, 0.3) is 6.43 Å². The predicted octanol–water partition coefficient (Wildman–Crippen LogP) is 3.32. The van der Waals surface area contributed by atoms with E-state index < -0.39 is 29.8 Å². The van der Waals surface area contributed by atoms with E-state index in [4.69, 9.17) is 0 Å². The highest BCUT2D eigenvalue weighted by Crippen LogP contribution is 2.34. The highest BCUT2D eigenvalue weighted by Gasteiger charge is 2.26. The zero-order valence-corrected chi connectivity index (χ0v) is 15.6. The molecule has 3 aromatic heterocycles. The minimum Gasteiger partial charge on any atom is -0.477 e. The number of nitrogens with zero attached hydrogens (tertiary/aromatic N) is 6. The molecule has 1 unspecified atom stereocenters. The van der Waals surface area contributed by atoms with Crippen LogP contribution < -0.4 is 5.32 Å². The highest BCUT2D eigenvalue weighted by molar-refractivity contribution is 6.08. The number of hydrogen-bond acceptors (Lipinski definition) is 7. The minimum absolute atomic E-state index is 0.0501. The largest absolute Gasteiger partial charge is 0.477 e. The molecule has 0 radical (unpaired) electrons. The number of aryl methyl sites for hydroxylation is 1. The Morgan fingerprint density at radius 1 is 1.23 bits per heavy atom. The fraction of sp³-hybridized carbons (Fsp3) is 0.222. The number of rotatable bonds is 5. The van der Waals surface area contributed by atoms with Crippen LogP contribution in [0.15, 0.2) is 24.4 Å². The van der Waals surface area contributed by atoms with Gasteiger partial charge in [0.05, 0.1) is 22.7 Å². The lowest BCUT2D eigenvalue weighted by atomic mass is 10.0. The number of halogens is 3. The molecule has 0 aliphatic rings. The molecule has 30 heavy (non-hydrogen) atoms. The maximum absolute atomic E-state index is 14.6. The van der Waals surface area contributed by atoms with E-state index in [9.17, 15) is 23.1 Å². The summed E-state index contributed by atoms with van der Waals surface area (Å²) in [7, 11) is 0. The molecule has 0 fully saturated rings. The first-order chi connectivity index (χ1) is 14.3. The first kappa shape index (κ1) is 19.5. The molecule has 2 N–H and O–H groups in total. The lowest BCUT2D eigenvalue weighted by Gasteiger charge is -2.20. The second kappa shape index (κ2) is 7.21. The number of hydrogen-bond donors (Lipinski definition) is 2. The molecule has 3 heterocycles. The first-order valence-electron chi connectivity index (χ1n) is 8.73. The molecule has 0 amide bonds. The summed E-state index contributed by atoms with van der Waals surface area (Å²) in [6.07, 6.45) is -1.59. The van der Waals surface area contributed by atoms with Crippen LogP contribution in [0.2, 0.25) is 0 Å². The van der Waals surface area contributed by atoms with Gasteiger partial charge in [-0.25, -0.2) is 27.9 Å². The van der Waals surface area contributed by atoms with Crippen LogP contribution in [0.3, 0.4) is 0 Å². The monoisotopic (exact) mass is 417 g/mol. The van der Waals surface area contributed by atoms with Crippen molar-refractivity contribution in [3.05, 3.63) is 52.7 Å². The van der Waals surface area contributed by atoms with E-state index in [-0.39, 0.29) is 33.5 Å². The van der Waals surface area contributed by atoms with Crippen molar-refractivity contribution in [2.75, 3.05) is 5.32 Å². The molecule has 0 saturated heterocycles. The third kappa shape index (κ3) is 3.06. The van der Waals surface area contributed by atoms with Crippen LogP contribution in [-0.4, -0.2) is 41.1 Å². The number of aromatic nitrogens is 6. The van der Waals surface area contributed by atoms with Crippen molar-refractivity contribution in [1.29, 1.82) is 0 Å². The van der Waals surface area contributed by atoms with E-state index in [2.05, 4.69) is 30.8 Å². The van der Waals surface area contributed by atoms with Gasteiger partial charge in [-0.2, -0.15) is 4.52 Å². The number of aromatic carboxylic acids is 1. The average molecular weight is 417 g/mol. The number of fused-ring (bicyclic) bond motifs is 3. The fourth-order valence-corrected chi connectivity index (χ4v) is 3.25. The third-order valence-corrected chi connectivity index (χ3v) is 4.64. The van der Waals surface area contributed by atoms with Crippen LogP contribution >= 0.6 is 0 Å². The van der Waals surface area contributed by atoms with Gasteiger partial charge < -0.3 is 10.4 Å². The fourth-order valence-electron chi connectivity index (χ4n) is 3.25. The molecule has 0 spiro atoms. The van der Waals surface area contributed by atoms with Crippen LogP contribution in [0.4, 0.5) is 18.9 Å². The number of benzene rings is 1. The summed E-state index contributed by atoms with van der Waals surface area (Å²) in [5.41, 5.74) is -0.856. The third-order valence-electron chi connectivity index (χ3n) is 4.64. The van der Waals surface area contributed by atoms with Crippen LogP contribution in [0.25, 0.3) is 16.7 Å². The highest BCUT2D eigenvalue weighted by atomic mass is 19.3. The van der Waals surface area contributed by atoms with Crippen LogP contribution in [-0.2, 0) is 0 Å². The number of nitrogens with one attached hydrogen (secondary N) is 1. The molecule has 0 aliphatic carbocycles. The summed E-state index contributed by atoms with van der Waals surface area (Å²) in [5.74, 6) is -2.00. The average Bonchev–Trinajstić information content (AvgIpc) is 3.17. The first-order valence-corrected chi connectivity index (χ1v) is 8.73. The molecule has 0 saturated carbocycles. The van der Waals surface area contributed by atoms with Crippen molar-refractivity contribution < 1.29 is 23.1 Å². The summed E-state index contributed by atoms with van der Waals surface area (Å²) in [5, 5.41) is 24.0. The normalized spacial score (nSPS) is 12.6. The number of pyridine rings is 1. The Kier molecular flexibility index (Phi) is 4.68. The SMILES string of the molecule is Cc1ncc2c(NC(C)c3cccc(C(F)F)c3F)c(C(=O)O)c3nnnn3c2n1. The Hall–Kier alpha value is -3.83. The maximum atomic E-state index is 14.6. The van der Waals surface area contributed by atoms with Crippen molar-refractivity contribution in [1.82, 2.24) is 30.0 Å². The second-order valence-electron chi connectivity index (χ2n) is 6.54. The molecule has 154 valence electrons. The van der Waals surface area contributed by atoms with Gasteiger partial charge in [0.1, 0.15) is 17.2 Å². The van der Waals surface area contributed by atoms with Crippen molar-refractivity contribution >= 4 is 28.3 Å². The van der Waals surface area contributed by atoms with Gasteiger partial charge in [-0.1, -0.05) is 18.2 Å². The quantitative estimate of drug-likeness (QED) is 0.508. The van der Waals surface area contributed by atoms with Crippen LogP contribution in [0, 0.1) is 12.7 Å². The van der Waals surface area contributed by atoms with Crippen molar-refractivity contribution in [3.63, 3.8) is 0 Å². The van der Waals surface area contributed by atoms with Crippen LogP contribution in [0.5, 0.6) is 0 Å². The molecule has 4 rings (SSSR count). The standard InChI is InChI=1S/C18H14F3N7O2/c1-7(9-4-3-5-10(13(9)19)15(20)21)23-14-11-6-22-8(2)24-16(11)28-17(25-26-27-28)12(14)18(29)30/h3-7,15,23H,1-2H3,(H,29,30). The molecule has 4 aromatic rings. The van der Waals surface area contributed by atoms with Gasteiger partial charge in [0.2, 0.25) is 0 Å². The van der Waals surface area contributed by atoms with E-state index in [0.717, 1.165) is 6.07 Å². The molecule has 12 heteroatoms. The number of carbonyl (C=O) groups is 1. The van der Waals surface area contributed by atoms with E-state index in [1.807, 2.05) is 0 Å². The second-order valence-corrected chi connectivity index (χ2v) is 6.54. The molecular weight excluding hydrogens is 403 g/mol. The number of carboxylic acids is 1. The Labute approximate surface area is 166 Å². The minimum atomic E-state index is -2.98. The summed E-state index contributed by atoms with van der Waals surface area (Å²) in [6.45, 7) is 3.16. The molecule has 9 nitrogen and oxygen atoms in total. The Morgan fingerprint density at radius 2 is 1.97 bits per heavy atom. The molecular formula is C18H14F3N7O2. The van der Waals surface area contributed by atoms with Gasteiger partial charge in [0, 0.05) is 11.8 Å². The van der Waals surface area contributed by atoms with Crippen LogP contribution in [0.1, 0.15) is 46.7 Å². The molecule has 0 aliphatic heterocycles. The summed E-state index contributed by atoms with van der Waals surface area (Å²) in [4.78, 5) is 20.4. The van der Waals surface area contributed by atoms with E-state index in [1.54, 1.807) is 6.92 Å². The van der Waals surface area contributed by atoms with Gasteiger partial charge in [0.15, 0.2) is 11.3 Å². The molecule has 1 atom stereocenters. The topological polar surface area (TPSA) is 118 Å².